The minimum atomic E-state index is -4.12. The van der Waals surface area contributed by atoms with Crippen LogP contribution in [0.25, 0.3) is 0 Å². The van der Waals surface area contributed by atoms with Gasteiger partial charge in [0.2, 0.25) is 10.0 Å². The Hall–Kier alpha value is -2.69. The Bertz CT molecular complexity index is 1310. The van der Waals surface area contributed by atoms with Gasteiger partial charge in [0.25, 0.3) is 0 Å². The lowest BCUT2D eigenvalue weighted by Crippen LogP contribution is -2.32. The molecule has 0 amide bonds. The van der Waals surface area contributed by atoms with Crippen LogP contribution in [0.1, 0.15) is 21.9 Å². The number of hydrogen-bond acceptors (Lipinski definition) is 5. The Morgan fingerprint density at radius 3 is 2.03 bits per heavy atom. The van der Waals surface area contributed by atoms with Gasteiger partial charge in [0.05, 0.1) is 9.79 Å². The average molecular weight is 467 g/mol. The number of sulfone groups is 1. The highest BCUT2D eigenvalue weighted by molar-refractivity contribution is 7.92. The van der Waals surface area contributed by atoms with Gasteiger partial charge in [0.15, 0.2) is 9.84 Å². The summed E-state index contributed by atoms with van der Waals surface area (Å²) in [4.78, 5) is 3.59. The summed E-state index contributed by atoms with van der Waals surface area (Å²) >= 11 is 0. The maximum atomic E-state index is 13.6. The van der Waals surface area contributed by atoms with Gasteiger partial charge in [0.1, 0.15) is 16.9 Å². The molecule has 0 aliphatic carbocycles. The molecule has 1 N–H and O–H groups in total. The third-order valence-electron chi connectivity index (χ3n) is 4.79. The number of nitrogens with one attached hydrogen (secondary N) is 1. The fourth-order valence-corrected chi connectivity index (χ4v) is 5.95. The van der Waals surface area contributed by atoms with E-state index in [1.807, 2.05) is 0 Å². The van der Waals surface area contributed by atoms with Crippen LogP contribution in [0.5, 0.6) is 0 Å². The Kier molecular flexibility index (Phi) is 6.54. The van der Waals surface area contributed by atoms with Gasteiger partial charge in [-0.25, -0.2) is 30.3 Å². The molecule has 164 valence electrons. The third kappa shape index (κ3) is 4.97. The molecule has 2 aromatic carbocycles. The van der Waals surface area contributed by atoms with Crippen molar-refractivity contribution in [3.05, 3.63) is 89.2 Å². The number of rotatable bonds is 7. The first-order chi connectivity index (χ1) is 14.5. The highest BCUT2D eigenvalue weighted by atomic mass is 32.2. The van der Waals surface area contributed by atoms with E-state index in [1.54, 1.807) is 0 Å². The number of benzene rings is 2. The zero-order chi connectivity index (χ0) is 22.8. The molecule has 1 atom stereocenters. The minimum Gasteiger partial charge on any atom is -0.264 e. The quantitative estimate of drug-likeness (QED) is 0.538. The van der Waals surface area contributed by atoms with Crippen LogP contribution in [0.3, 0.4) is 0 Å². The zero-order valence-electron chi connectivity index (χ0n) is 16.7. The molecule has 0 bridgehead atoms. The van der Waals surface area contributed by atoms with Crippen molar-refractivity contribution in [1.29, 1.82) is 0 Å². The molecule has 10 heteroatoms. The Balaban J connectivity index is 1.98. The lowest BCUT2D eigenvalue weighted by atomic mass is 10.2. The maximum Gasteiger partial charge on any atom is 0.240 e. The second kappa shape index (κ2) is 8.81. The second-order valence-corrected chi connectivity index (χ2v) is 10.9. The standard InChI is InChI=1S/C21H20F2N2O4S2/c1-14-10-17(5-7-19(14)22)30(26,27)21(16-4-3-9-24-12-16)13-25-31(28,29)18-6-8-20(23)15(2)11-18/h3-12,21,25H,13H2,1-2H3. The molecule has 1 heterocycles. The summed E-state index contributed by atoms with van der Waals surface area (Å²) < 4.78 is 81.5. The number of hydrogen-bond donors (Lipinski definition) is 1. The number of halogens is 2. The molecule has 6 nitrogen and oxygen atoms in total. The molecule has 0 saturated heterocycles. The summed E-state index contributed by atoms with van der Waals surface area (Å²) in [7, 11) is -8.23. The Morgan fingerprint density at radius 1 is 0.903 bits per heavy atom. The summed E-state index contributed by atoms with van der Waals surface area (Å²) in [5, 5.41) is -1.32. The third-order valence-corrected chi connectivity index (χ3v) is 8.31. The summed E-state index contributed by atoms with van der Waals surface area (Å²) in [5.41, 5.74) is 0.553. The summed E-state index contributed by atoms with van der Waals surface area (Å²) in [6.07, 6.45) is 2.79. The number of sulfonamides is 1. The molecule has 0 aliphatic heterocycles. The van der Waals surface area contributed by atoms with E-state index in [9.17, 15) is 25.6 Å². The van der Waals surface area contributed by atoms with Crippen molar-refractivity contribution in [3.8, 4) is 0 Å². The molecular weight excluding hydrogens is 446 g/mol. The molecule has 31 heavy (non-hydrogen) atoms. The van der Waals surface area contributed by atoms with E-state index in [4.69, 9.17) is 0 Å². The van der Waals surface area contributed by atoms with Crippen molar-refractivity contribution in [1.82, 2.24) is 9.71 Å². The molecule has 3 rings (SSSR count). The molecule has 0 fully saturated rings. The predicted octanol–water partition coefficient (Wildman–Crippen LogP) is 3.47. The van der Waals surface area contributed by atoms with Gasteiger partial charge >= 0.3 is 0 Å². The van der Waals surface area contributed by atoms with Gasteiger partial charge in [0, 0.05) is 18.9 Å². The monoisotopic (exact) mass is 466 g/mol. The topological polar surface area (TPSA) is 93.2 Å². The molecule has 0 spiro atoms. The smallest absolute Gasteiger partial charge is 0.240 e. The van der Waals surface area contributed by atoms with Crippen LogP contribution in [-0.2, 0) is 19.9 Å². The molecule has 0 radical (unpaired) electrons. The van der Waals surface area contributed by atoms with Crippen molar-refractivity contribution in [2.45, 2.75) is 28.9 Å². The van der Waals surface area contributed by atoms with Crippen LogP contribution in [0.4, 0.5) is 8.78 Å². The van der Waals surface area contributed by atoms with Crippen LogP contribution in [0.2, 0.25) is 0 Å². The van der Waals surface area contributed by atoms with Crippen LogP contribution < -0.4 is 4.72 Å². The Morgan fingerprint density at radius 2 is 1.48 bits per heavy atom. The lowest BCUT2D eigenvalue weighted by Gasteiger charge is -2.19. The number of aromatic nitrogens is 1. The molecule has 0 aliphatic rings. The highest BCUT2D eigenvalue weighted by Gasteiger charge is 2.31. The minimum absolute atomic E-state index is 0.140. The lowest BCUT2D eigenvalue weighted by molar-refractivity contribution is 0.567. The molecule has 3 aromatic rings. The molecule has 0 saturated carbocycles. The largest absolute Gasteiger partial charge is 0.264 e. The highest BCUT2D eigenvalue weighted by Crippen LogP contribution is 2.29. The first-order valence-corrected chi connectivity index (χ1v) is 12.2. The number of aryl methyl sites for hydroxylation is 2. The van der Waals surface area contributed by atoms with Gasteiger partial charge in [-0.2, -0.15) is 0 Å². The van der Waals surface area contributed by atoms with Gasteiger partial charge < -0.3 is 0 Å². The maximum absolute atomic E-state index is 13.6. The van der Waals surface area contributed by atoms with Crippen molar-refractivity contribution >= 4 is 19.9 Å². The molecule has 1 aromatic heterocycles. The SMILES string of the molecule is Cc1cc(S(=O)(=O)NCC(c2cccnc2)S(=O)(=O)c2ccc(F)c(C)c2)ccc1F. The van der Waals surface area contributed by atoms with E-state index in [1.165, 1.54) is 44.4 Å². The number of nitrogens with zero attached hydrogens (tertiary/aromatic N) is 1. The molecular formula is C21H20F2N2O4S2. The molecule has 1 unspecified atom stereocenters. The first kappa shape index (κ1) is 23.0. The number of pyridine rings is 1. The first-order valence-electron chi connectivity index (χ1n) is 9.18. The van der Waals surface area contributed by atoms with Crippen LogP contribution in [0, 0.1) is 25.5 Å². The van der Waals surface area contributed by atoms with E-state index >= 15 is 0 Å². The summed E-state index contributed by atoms with van der Waals surface area (Å²) in [6, 6.07) is 9.73. The van der Waals surface area contributed by atoms with Crippen molar-refractivity contribution in [2.24, 2.45) is 0 Å². The van der Waals surface area contributed by atoms with Gasteiger partial charge in [-0.15, -0.1) is 0 Å². The Labute approximate surface area is 179 Å². The van der Waals surface area contributed by atoms with Gasteiger partial charge in [-0.05, 0) is 73.0 Å². The summed E-state index contributed by atoms with van der Waals surface area (Å²) in [6.45, 7) is 2.37. The van der Waals surface area contributed by atoms with E-state index in [2.05, 4.69) is 9.71 Å². The van der Waals surface area contributed by atoms with Crippen molar-refractivity contribution < 1.29 is 25.6 Å². The van der Waals surface area contributed by atoms with E-state index in [-0.39, 0.29) is 26.5 Å². The van der Waals surface area contributed by atoms with Crippen molar-refractivity contribution in [3.63, 3.8) is 0 Å². The fraction of sp³-hybridized carbons (Fsp3) is 0.190. The average Bonchev–Trinajstić information content (AvgIpc) is 2.72. The fourth-order valence-electron chi connectivity index (χ4n) is 2.98. The van der Waals surface area contributed by atoms with Crippen LogP contribution in [0.15, 0.2) is 70.7 Å². The van der Waals surface area contributed by atoms with Crippen LogP contribution >= 0.6 is 0 Å². The van der Waals surface area contributed by atoms with Gasteiger partial charge in [-0.3, -0.25) is 4.98 Å². The van der Waals surface area contributed by atoms with Gasteiger partial charge in [-0.1, -0.05) is 6.07 Å². The predicted molar refractivity (Wildman–Crippen MR) is 112 cm³/mol. The summed E-state index contributed by atoms with van der Waals surface area (Å²) in [5.74, 6) is -1.11. The van der Waals surface area contributed by atoms with Crippen molar-refractivity contribution in [2.75, 3.05) is 6.54 Å². The van der Waals surface area contributed by atoms with E-state index in [0.717, 1.165) is 30.3 Å². The zero-order valence-corrected chi connectivity index (χ0v) is 18.3. The van der Waals surface area contributed by atoms with E-state index < -0.39 is 43.3 Å². The van der Waals surface area contributed by atoms with E-state index in [0.29, 0.717) is 0 Å². The van der Waals surface area contributed by atoms with Crippen LogP contribution in [-0.4, -0.2) is 28.4 Å². The normalized spacial score (nSPS) is 13.2. The second-order valence-electron chi connectivity index (χ2n) is 6.99.